The first kappa shape index (κ1) is 16.1. The second-order valence-electron chi connectivity index (χ2n) is 5.72. The zero-order chi connectivity index (χ0) is 17.3. The molecule has 0 saturated carbocycles. The molecule has 0 radical (unpaired) electrons. The molecule has 122 valence electrons. The van der Waals surface area contributed by atoms with E-state index in [1.807, 2.05) is 0 Å². The van der Waals surface area contributed by atoms with Crippen molar-refractivity contribution in [2.24, 2.45) is 0 Å². The number of rotatable bonds is 3. The molecule has 0 amide bonds. The van der Waals surface area contributed by atoms with Crippen molar-refractivity contribution in [3.05, 3.63) is 89.2 Å². The molecule has 3 aromatic carbocycles. The minimum absolute atomic E-state index is 0.204. The molecular weight excluding hydrogens is 311 g/mol. The van der Waals surface area contributed by atoms with Gasteiger partial charge in [0.2, 0.25) is 0 Å². The van der Waals surface area contributed by atoms with Crippen LogP contribution in [0.15, 0.2) is 60.7 Å². The maximum atomic E-state index is 14.5. The van der Waals surface area contributed by atoms with Gasteiger partial charge in [-0.1, -0.05) is 12.1 Å². The van der Waals surface area contributed by atoms with Gasteiger partial charge in [-0.15, -0.1) is 0 Å². The second kappa shape index (κ2) is 6.40. The standard InChI is InChI=1S/C20H16F3N/c1-13-3-9-19(17(22)11-13)24(16-7-5-15(21)6-8-16)20-10-4-14(2)12-18(20)23/h3-12H,1-2H3. The third kappa shape index (κ3) is 3.13. The molecule has 0 saturated heterocycles. The van der Waals surface area contributed by atoms with Gasteiger partial charge in [0.1, 0.15) is 17.5 Å². The molecule has 0 spiro atoms. The van der Waals surface area contributed by atoms with Crippen LogP contribution in [0.4, 0.5) is 30.2 Å². The van der Waals surface area contributed by atoms with E-state index in [2.05, 4.69) is 0 Å². The Balaban J connectivity index is 2.22. The van der Waals surface area contributed by atoms with Crippen LogP contribution >= 0.6 is 0 Å². The Bertz CT molecular complexity index is 821. The summed E-state index contributed by atoms with van der Waals surface area (Å²) < 4.78 is 42.3. The van der Waals surface area contributed by atoms with Crippen LogP contribution in [-0.2, 0) is 0 Å². The monoisotopic (exact) mass is 327 g/mol. The normalized spacial score (nSPS) is 10.7. The molecule has 0 aromatic heterocycles. The lowest BCUT2D eigenvalue weighted by atomic mass is 10.1. The van der Waals surface area contributed by atoms with E-state index in [0.29, 0.717) is 5.69 Å². The Morgan fingerprint density at radius 2 is 1.08 bits per heavy atom. The average Bonchev–Trinajstić information content (AvgIpc) is 2.53. The van der Waals surface area contributed by atoms with Gasteiger partial charge in [0.15, 0.2) is 0 Å². The molecule has 0 bridgehead atoms. The van der Waals surface area contributed by atoms with Crippen LogP contribution in [0.25, 0.3) is 0 Å². The molecule has 0 aliphatic carbocycles. The SMILES string of the molecule is Cc1ccc(N(c2ccc(F)cc2)c2ccc(C)cc2F)c(F)c1. The van der Waals surface area contributed by atoms with Crippen molar-refractivity contribution in [2.75, 3.05) is 4.90 Å². The summed E-state index contributed by atoms with van der Waals surface area (Å²) in [4.78, 5) is 1.45. The predicted molar refractivity (Wildman–Crippen MR) is 90.5 cm³/mol. The number of hydrogen-bond donors (Lipinski definition) is 0. The summed E-state index contributed by atoms with van der Waals surface area (Å²) >= 11 is 0. The van der Waals surface area contributed by atoms with E-state index in [1.54, 1.807) is 38.1 Å². The van der Waals surface area contributed by atoms with Crippen LogP contribution in [0.1, 0.15) is 11.1 Å². The summed E-state index contributed by atoms with van der Waals surface area (Å²) in [5.74, 6) is -1.36. The van der Waals surface area contributed by atoms with Gasteiger partial charge in [-0.3, -0.25) is 0 Å². The molecule has 0 unspecified atom stereocenters. The van der Waals surface area contributed by atoms with E-state index in [0.717, 1.165) is 11.1 Å². The fraction of sp³-hybridized carbons (Fsp3) is 0.100. The van der Waals surface area contributed by atoms with Gasteiger partial charge in [0.05, 0.1) is 11.4 Å². The number of benzene rings is 3. The molecule has 3 rings (SSSR count). The lowest BCUT2D eigenvalue weighted by Crippen LogP contribution is -2.13. The molecule has 1 nitrogen and oxygen atoms in total. The minimum Gasteiger partial charge on any atom is -0.305 e. The van der Waals surface area contributed by atoms with Crippen molar-refractivity contribution in [3.63, 3.8) is 0 Å². The maximum absolute atomic E-state index is 14.5. The number of aryl methyl sites for hydroxylation is 2. The summed E-state index contributed by atoms with van der Waals surface area (Å²) in [6.45, 7) is 3.56. The fourth-order valence-corrected chi connectivity index (χ4v) is 2.58. The van der Waals surface area contributed by atoms with E-state index < -0.39 is 17.5 Å². The van der Waals surface area contributed by atoms with Crippen molar-refractivity contribution in [1.82, 2.24) is 0 Å². The molecule has 0 aliphatic rings. The van der Waals surface area contributed by atoms with Gasteiger partial charge in [-0.25, -0.2) is 13.2 Å². The smallest absolute Gasteiger partial charge is 0.147 e. The lowest BCUT2D eigenvalue weighted by molar-refractivity contribution is 0.618. The zero-order valence-corrected chi connectivity index (χ0v) is 13.4. The highest BCUT2D eigenvalue weighted by atomic mass is 19.1. The van der Waals surface area contributed by atoms with Gasteiger partial charge in [-0.2, -0.15) is 0 Å². The highest BCUT2D eigenvalue weighted by Gasteiger charge is 2.19. The second-order valence-corrected chi connectivity index (χ2v) is 5.72. The van der Waals surface area contributed by atoms with E-state index in [4.69, 9.17) is 0 Å². The van der Waals surface area contributed by atoms with Gasteiger partial charge in [0.25, 0.3) is 0 Å². The maximum Gasteiger partial charge on any atom is 0.147 e. The van der Waals surface area contributed by atoms with Crippen molar-refractivity contribution in [3.8, 4) is 0 Å². The molecule has 3 aromatic rings. The first-order chi connectivity index (χ1) is 11.5. The molecule has 0 aliphatic heterocycles. The summed E-state index contributed by atoms with van der Waals surface area (Å²) in [5, 5.41) is 0. The van der Waals surface area contributed by atoms with Crippen molar-refractivity contribution in [2.45, 2.75) is 13.8 Å². The third-order valence-corrected chi connectivity index (χ3v) is 3.77. The molecule has 0 heterocycles. The first-order valence-electron chi connectivity index (χ1n) is 7.54. The summed E-state index contributed by atoms with van der Waals surface area (Å²) in [7, 11) is 0. The first-order valence-corrected chi connectivity index (χ1v) is 7.54. The van der Waals surface area contributed by atoms with Crippen molar-refractivity contribution in [1.29, 1.82) is 0 Å². The van der Waals surface area contributed by atoms with Crippen LogP contribution in [0.2, 0.25) is 0 Å². The van der Waals surface area contributed by atoms with Crippen molar-refractivity contribution < 1.29 is 13.2 Å². The number of hydrogen-bond acceptors (Lipinski definition) is 1. The Hall–Kier alpha value is -2.75. The lowest BCUT2D eigenvalue weighted by Gasteiger charge is -2.26. The quantitative estimate of drug-likeness (QED) is 0.554. The van der Waals surface area contributed by atoms with Crippen LogP contribution < -0.4 is 4.90 Å². The van der Waals surface area contributed by atoms with Crippen LogP contribution in [0.3, 0.4) is 0 Å². The topological polar surface area (TPSA) is 3.24 Å². The molecule has 0 N–H and O–H groups in total. The van der Waals surface area contributed by atoms with E-state index in [9.17, 15) is 13.2 Å². The number of nitrogens with zero attached hydrogens (tertiary/aromatic N) is 1. The Labute approximate surface area is 139 Å². The van der Waals surface area contributed by atoms with Crippen LogP contribution in [0.5, 0.6) is 0 Å². The largest absolute Gasteiger partial charge is 0.305 e. The highest BCUT2D eigenvalue weighted by molar-refractivity contribution is 5.77. The van der Waals surface area contributed by atoms with Crippen LogP contribution in [-0.4, -0.2) is 0 Å². The third-order valence-electron chi connectivity index (χ3n) is 3.77. The summed E-state index contributed by atoms with van der Waals surface area (Å²) in [6.07, 6.45) is 0. The highest BCUT2D eigenvalue weighted by Crippen LogP contribution is 2.37. The van der Waals surface area contributed by atoms with Gasteiger partial charge < -0.3 is 4.90 Å². The van der Waals surface area contributed by atoms with E-state index in [-0.39, 0.29) is 11.4 Å². The molecular formula is C20H16F3N. The molecule has 0 atom stereocenters. The Kier molecular flexibility index (Phi) is 4.30. The van der Waals surface area contributed by atoms with Gasteiger partial charge in [-0.05, 0) is 73.5 Å². The summed E-state index contributed by atoms with van der Waals surface area (Å²) in [6, 6.07) is 15.0. The molecule has 24 heavy (non-hydrogen) atoms. The predicted octanol–water partition coefficient (Wildman–Crippen LogP) is 6.19. The number of anilines is 3. The van der Waals surface area contributed by atoms with Gasteiger partial charge in [0, 0.05) is 5.69 Å². The van der Waals surface area contributed by atoms with Crippen molar-refractivity contribution >= 4 is 17.1 Å². The molecule has 4 heteroatoms. The minimum atomic E-state index is -0.473. The fourth-order valence-electron chi connectivity index (χ4n) is 2.58. The average molecular weight is 327 g/mol. The summed E-state index contributed by atoms with van der Waals surface area (Å²) in [5.41, 5.74) is 2.41. The van der Waals surface area contributed by atoms with Gasteiger partial charge >= 0.3 is 0 Å². The van der Waals surface area contributed by atoms with E-state index >= 15 is 0 Å². The zero-order valence-electron chi connectivity index (χ0n) is 13.4. The number of halogens is 3. The van der Waals surface area contributed by atoms with E-state index in [1.165, 1.54) is 41.3 Å². The Morgan fingerprint density at radius 1 is 0.625 bits per heavy atom. The van der Waals surface area contributed by atoms with Crippen LogP contribution in [0, 0.1) is 31.3 Å². The molecule has 0 fully saturated rings. The Morgan fingerprint density at radius 3 is 1.50 bits per heavy atom.